The van der Waals surface area contributed by atoms with E-state index >= 15 is 0 Å². The smallest absolute Gasteiger partial charge is 0.178 e. The molecule has 0 amide bonds. The molecule has 0 radical (unpaired) electrons. The molecule has 0 aliphatic carbocycles. The number of sulfone groups is 1. The minimum absolute atomic E-state index is 0.338. The Hall–Kier alpha value is -1.25. The van der Waals surface area contributed by atoms with E-state index in [2.05, 4.69) is 20.1 Å². The van der Waals surface area contributed by atoms with Crippen molar-refractivity contribution >= 4 is 21.2 Å². The van der Waals surface area contributed by atoms with Crippen molar-refractivity contribution < 1.29 is 8.42 Å². The van der Waals surface area contributed by atoms with Gasteiger partial charge in [-0.2, -0.15) is 5.10 Å². The van der Waals surface area contributed by atoms with E-state index in [-0.39, 0.29) is 0 Å². The first-order chi connectivity index (χ1) is 10.5. The lowest BCUT2D eigenvalue weighted by molar-refractivity contribution is 0.166. The molecular weight excluding hydrogens is 320 g/mol. The second kappa shape index (κ2) is 6.47. The van der Waals surface area contributed by atoms with Crippen LogP contribution < -0.4 is 0 Å². The fraction of sp³-hybridized carbons (Fsp3) is 0.571. The third-order valence-corrected chi connectivity index (χ3v) is 5.93. The lowest BCUT2D eigenvalue weighted by atomic mass is 9.93. The topological polar surface area (TPSA) is 79.0 Å². The van der Waals surface area contributed by atoms with E-state index in [9.17, 15) is 8.42 Å². The normalized spacial score (nSPS) is 20.3. The van der Waals surface area contributed by atoms with Crippen molar-refractivity contribution in [3.8, 4) is 0 Å². The molecule has 1 saturated heterocycles. The number of nitrogens with zero attached hydrogens (tertiary/aromatic N) is 3. The maximum absolute atomic E-state index is 11.8. The molecule has 0 bridgehead atoms. The number of rotatable bonds is 5. The molecule has 6 nitrogen and oxygen atoms in total. The van der Waals surface area contributed by atoms with Gasteiger partial charge in [-0.15, -0.1) is 11.3 Å². The maximum atomic E-state index is 11.8. The summed E-state index contributed by atoms with van der Waals surface area (Å²) >= 11 is 1.68. The Balaban J connectivity index is 1.64. The van der Waals surface area contributed by atoms with E-state index in [0.717, 1.165) is 49.6 Å². The van der Waals surface area contributed by atoms with Crippen LogP contribution >= 0.6 is 11.3 Å². The van der Waals surface area contributed by atoms with Gasteiger partial charge >= 0.3 is 0 Å². The third-order valence-electron chi connectivity index (χ3n) is 4.02. The van der Waals surface area contributed by atoms with Crippen LogP contribution in [0.3, 0.4) is 0 Å². The zero-order valence-electron chi connectivity index (χ0n) is 12.5. The molecule has 0 aromatic carbocycles. The van der Waals surface area contributed by atoms with Gasteiger partial charge in [0.05, 0.1) is 18.4 Å². The lowest BCUT2D eigenvalue weighted by Gasteiger charge is -2.32. The first kappa shape index (κ1) is 15.6. The average molecular weight is 340 g/mol. The minimum Gasteiger partial charge on any atom is -0.296 e. The van der Waals surface area contributed by atoms with Gasteiger partial charge in [-0.1, -0.05) is 0 Å². The highest BCUT2D eigenvalue weighted by Crippen LogP contribution is 2.24. The van der Waals surface area contributed by atoms with Crippen LogP contribution in [0.5, 0.6) is 0 Å². The van der Waals surface area contributed by atoms with Gasteiger partial charge in [-0.25, -0.2) is 13.4 Å². The summed E-state index contributed by atoms with van der Waals surface area (Å²) in [5.74, 6) is 0.453. The number of hydrogen-bond acceptors (Lipinski definition) is 6. The van der Waals surface area contributed by atoms with Crippen LogP contribution in [-0.4, -0.2) is 47.8 Å². The number of thiazole rings is 1. The summed E-state index contributed by atoms with van der Waals surface area (Å²) in [4.78, 5) is 7.08. The first-order valence-electron chi connectivity index (χ1n) is 7.35. The van der Waals surface area contributed by atoms with Crippen LogP contribution in [0.2, 0.25) is 0 Å². The molecule has 3 heterocycles. The molecule has 0 spiro atoms. The van der Waals surface area contributed by atoms with Crippen molar-refractivity contribution in [2.75, 3.05) is 19.3 Å². The van der Waals surface area contributed by atoms with E-state index in [0.29, 0.717) is 10.8 Å². The molecule has 2 aromatic heterocycles. The molecule has 1 unspecified atom stereocenters. The summed E-state index contributed by atoms with van der Waals surface area (Å²) in [6, 6.07) is 0. The summed E-state index contributed by atoms with van der Waals surface area (Å²) in [5, 5.41) is 9.91. The van der Waals surface area contributed by atoms with Crippen molar-refractivity contribution in [2.45, 2.75) is 30.7 Å². The molecule has 1 aliphatic rings. The second-order valence-corrected chi connectivity index (χ2v) is 8.82. The summed E-state index contributed by atoms with van der Waals surface area (Å²) in [7, 11) is -3.21. The molecule has 1 N–H and O–H groups in total. The molecule has 1 fully saturated rings. The van der Waals surface area contributed by atoms with Crippen LogP contribution in [0.15, 0.2) is 22.7 Å². The number of aromatic amines is 1. The zero-order chi connectivity index (χ0) is 15.6. The van der Waals surface area contributed by atoms with Crippen LogP contribution in [-0.2, 0) is 22.8 Å². The molecule has 2 aromatic rings. The fourth-order valence-electron chi connectivity index (χ4n) is 3.04. The van der Waals surface area contributed by atoms with Gasteiger partial charge < -0.3 is 0 Å². The highest BCUT2D eigenvalue weighted by Gasteiger charge is 2.24. The Labute approximate surface area is 134 Å². The Bertz CT molecular complexity index is 709. The van der Waals surface area contributed by atoms with Gasteiger partial charge in [-0.05, 0) is 31.7 Å². The molecule has 3 rings (SSSR count). The quantitative estimate of drug-likeness (QED) is 0.897. The number of aromatic nitrogens is 3. The van der Waals surface area contributed by atoms with Gasteiger partial charge in [0.1, 0.15) is 9.90 Å². The van der Waals surface area contributed by atoms with Crippen LogP contribution in [0.25, 0.3) is 0 Å². The van der Waals surface area contributed by atoms with Gasteiger partial charge in [0.2, 0.25) is 0 Å². The minimum atomic E-state index is -3.21. The summed E-state index contributed by atoms with van der Waals surface area (Å²) in [6.45, 7) is 2.94. The molecule has 22 heavy (non-hydrogen) atoms. The lowest BCUT2D eigenvalue weighted by Crippen LogP contribution is -2.35. The van der Waals surface area contributed by atoms with Gasteiger partial charge in [-0.3, -0.25) is 10.00 Å². The standard InChI is InChI=1S/C14H20N4O2S2/c1-22(19,20)13-8-16-17-12(13)7-11-3-2-5-18(9-11)10-14-15-4-6-21-14/h4,6,8,11H,2-3,5,7,9-10H2,1H3,(H,16,17). The number of likely N-dealkylation sites (tertiary alicyclic amines) is 1. The van der Waals surface area contributed by atoms with E-state index in [4.69, 9.17) is 0 Å². The van der Waals surface area contributed by atoms with Gasteiger partial charge in [0.25, 0.3) is 0 Å². The zero-order valence-corrected chi connectivity index (χ0v) is 14.2. The SMILES string of the molecule is CS(=O)(=O)c1cn[nH]c1CC1CCCN(Cc2nccs2)C1. The third kappa shape index (κ3) is 3.74. The van der Waals surface area contributed by atoms with Crippen molar-refractivity contribution in [2.24, 2.45) is 5.92 Å². The Morgan fingerprint density at radius 2 is 2.36 bits per heavy atom. The van der Waals surface area contributed by atoms with Crippen molar-refractivity contribution in [3.05, 3.63) is 28.5 Å². The predicted octanol–water partition coefficient (Wildman–Crippen LogP) is 1.72. The number of H-pyrrole nitrogens is 1. The monoisotopic (exact) mass is 340 g/mol. The largest absolute Gasteiger partial charge is 0.296 e. The second-order valence-electron chi connectivity index (χ2n) is 5.86. The van der Waals surface area contributed by atoms with E-state index in [1.165, 1.54) is 12.5 Å². The van der Waals surface area contributed by atoms with Crippen molar-refractivity contribution in [1.29, 1.82) is 0 Å². The Morgan fingerprint density at radius 3 is 3.09 bits per heavy atom. The highest BCUT2D eigenvalue weighted by atomic mass is 32.2. The number of hydrogen-bond donors (Lipinski definition) is 1. The predicted molar refractivity (Wildman–Crippen MR) is 85.5 cm³/mol. The first-order valence-corrected chi connectivity index (χ1v) is 10.1. The Kier molecular flexibility index (Phi) is 4.60. The molecule has 120 valence electrons. The molecular formula is C14H20N4O2S2. The van der Waals surface area contributed by atoms with Crippen molar-refractivity contribution in [1.82, 2.24) is 20.1 Å². The average Bonchev–Trinajstić information content (AvgIpc) is 3.10. The molecule has 1 aliphatic heterocycles. The molecule has 0 saturated carbocycles. The van der Waals surface area contributed by atoms with Crippen LogP contribution in [0.1, 0.15) is 23.5 Å². The molecule has 1 atom stereocenters. The number of nitrogens with one attached hydrogen (secondary N) is 1. The molecule has 8 heteroatoms. The summed E-state index contributed by atoms with van der Waals surface area (Å²) in [6.07, 6.45) is 7.48. The summed E-state index contributed by atoms with van der Waals surface area (Å²) < 4.78 is 23.5. The van der Waals surface area contributed by atoms with Crippen LogP contribution in [0.4, 0.5) is 0 Å². The van der Waals surface area contributed by atoms with E-state index < -0.39 is 9.84 Å². The van der Waals surface area contributed by atoms with E-state index in [1.807, 2.05) is 11.6 Å². The van der Waals surface area contributed by atoms with Crippen molar-refractivity contribution in [3.63, 3.8) is 0 Å². The number of piperidine rings is 1. The fourth-order valence-corrected chi connectivity index (χ4v) is 4.52. The maximum Gasteiger partial charge on any atom is 0.178 e. The Morgan fingerprint density at radius 1 is 1.50 bits per heavy atom. The van der Waals surface area contributed by atoms with Crippen LogP contribution in [0, 0.1) is 5.92 Å². The van der Waals surface area contributed by atoms with E-state index in [1.54, 1.807) is 11.3 Å². The summed E-state index contributed by atoms with van der Waals surface area (Å²) in [5.41, 5.74) is 0.739. The van der Waals surface area contributed by atoms with Gasteiger partial charge in [0.15, 0.2) is 9.84 Å². The highest BCUT2D eigenvalue weighted by molar-refractivity contribution is 7.90. The van der Waals surface area contributed by atoms with Gasteiger partial charge in [0, 0.05) is 24.4 Å².